The van der Waals surface area contributed by atoms with E-state index in [4.69, 9.17) is 61.4 Å². The van der Waals surface area contributed by atoms with E-state index in [1.807, 2.05) is 0 Å². The highest BCUT2D eigenvalue weighted by atomic mass is 31.2. The fourth-order valence-electron chi connectivity index (χ4n) is 14.6. The Labute approximate surface area is 718 Å². The molecular weight excluding hydrogens is 1680 g/mol. The van der Waals surface area contributed by atoms with Crippen LogP contribution in [0, 0.1) is 28.6 Å². The van der Waals surface area contributed by atoms with Crippen LogP contribution in [0.2, 0.25) is 0 Å². The summed E-state index contributed by atoms with van der Waals surface area (Å²) in [6, 6.07) is -5.34. The van der Waals surface area contributed by atoms with Crippen molar-refractivity contribution in [1.29, 1.82) is 0 Å². The number of phosphoric ester groups is 1. The number of likely N-dealkylation sites (tertiary alicyclic amines) is 1. The van der Waals surface area contributed by atoms with E-state index in [-0.39, 0.29) is 182 Å². The number of hydrogen-bond donors (Lipinski definition) is 20. The number of nitrogens with zero attached hydrogens (tertiary/aromatic N) is 1. The molecule has 0 spiro atoms. The molecule has 5 heterocycles. The molecule has 0 aromatic carbocycles. The van der Waals surface area contributed by atoms with Crippen LogP contribution in [0.15, 0.2) is 0 Å². The maximum atomic E-state index is 14.9. The van der Waals surface area contributed by atoms with Crippen LogP contribution in [0.3, 0.4) is 0 Å². The lowest BCUT2D eigenvalue weighted by Crippen LogP contribution is -2.64. The molecule has 0 saturated carbocycles. The summed E-state index contributed by atoms with van der Waals surface area (Å²) in [6.07, 6.45) is -24.6. The van der Waals surface area contributed by atoms with Crippen molar-refractivity contribution in [1.82, 2.24) is 36.8 Å². The fraction of sp³-hybridized carbons (Fsp3) is 0.870. The molecule has 0 bridgehead atoms. The summed E-state index contributed by atoms with van der Waals surface area (Å²) in [5, 5.41) is 148. The van der Waals surface area contributed by atoms with E-state index in [2.05, 4.69) is 31.9 Å². The lowest BCUT2D eigenvalue weighted by Gasteiger charge is -2.42. The van der Waals surface area contributed by atoms with Crippen LogP contribution in [-0.2, 0) is 114 Å². The van der Waals surface area contributed by atoms with E-state index in [1.165, 1.54) is 11.8 Å². The van der Waals surface area contributed by atoms with Gasteiger partial charge in [-0.3, -0.25) is 52.5 Å². The molecule has 7 amide bonds. The minimum absolute atomic E-state index is 0.0156. The highest BCUT2D eigenvalue weighted by Gasteiger charge is 2.54. The molecule has 5 fully saturated rings. The zero-order valence-electron chi connectivity index (χ0n) is 71.1. The normalized spacial score (nSPS) is 30.7. The van der Waals surface area contributed by atoms with Crippen molar-refractivity contribution in [2.75, 3.05) is 145 Å². The molecular formula is C77H133N7O39P-. The third-order valence-electron chi connectivity index (χ3n) is 22.4. The molecule has 46 nitrogen and oxygen atoms in total. The number of aliphatic hydroxyl groups excluding tert-OH is 13. The summed E-state index contributed by atoms with van der Waals surface area (Å²) in [4.78, 5) is 159. The molecule has 5 aliphatic rings. The van der Waals surface area contributed by atoms with Crippen LogP contribution in [0.5, 0.6) is 0 Å². The van der Waals surface area contributed by atoms with Crippen LogP contribution in [-0.4, -0.2) is 403 Å². The summed E-state index contributed by atoms with van der Waals surface area (Å²) in [6.45, 7) is 3.43. The molecule has 124 heavy (non-hydrogen) atoms. The first-order valence-electron chi connectivity index (χ1n) is 41.8. The number of nitrogens with one attached hydrogen (secondary N) is 6. The van der Waals surface area contributed by atoms with Gasteiger partial charge in [-0.2, -0.15) is 0 Å². The number of carbonyl (C=O) groups is 10. The first kappa shape index (κ1) is 109. The fourth-order valence-corrected chi connectivity index (χ4v) is 15.0. The molecule has 716 valence electrons. The monoisotopic (exact) mass is 1810 g/mol. The van der Waals surface area contributed by atoms with Crippen LogP contribution in [0.25, 0.3) is 0 Å². The third kappa shape index (κ3) is 35.7. The molecule has 0 radical (unpaired) electrons. The predicted molar refractivity (Wildman–Crippen MR) is 420 cm³/mol. The Balaban J connectivity index is 1.31. The molecule has 47 heteroatoms. The Morgan fingerprint density at radius 1 is 0.460 bits per heavy atom. The lowest BCUT2D eigenvalue weighted by atomic mass is 9.69. The first-order chi connectivity index (χ1) is 58.8. The largest absolute Gasteiger partial charge is 0.756 e. The standard InChI is InChI=1S/C77H134N7O39P/c1-43-62(98)64(100)53(35-85)120-72(43)115-30-26-111-22-8-11-48(92)15-16-51(71(107)79-21-25-114-28-31-116-73-44(2)63(99)65(101)54(36-86)121-73)83-70(106)47(34-49(93)10-7-13-59(97)84-39-76(5,41-89)77(6,40-84)42-119-124(108,109)110)14-18-58(96)82-50(52(94)12-9-23-112-27-32-117-74-60(80-45(3)90)68(104)66(102)55(37-87)122-74)17-19-57(95)78-20-24-113-29-33-118-75-61(81-46(4)91)69(105)67(103)56(38-88)123-75/h43-44,47,50-51,53-56,60-69,72-75,85-89,98-105H,7-42H2,1-6H3,(H,78,95)(H,79,107)(H,80,90)(H,81,91)(H,82,96)(H,83,106)(H2,108,109,110)/p-1/t43-,44-,47?,50+,51?,53-,54-,55-,56-,60-,61-,62-,63-,64+,65+,66+,67+,68-,69-,72?,73?,74?,75?,76-,77+/m1/s1. The van der Waals surface area contributed by atoms with Crippen molar-refractivity contribution in [2.45, 2.75) is 254 Å². The maximum absolute atomic E-state index is 14.9. The zero-order chi connectivity index (χ0) is 92.0. The number of rotatable bonds is 60. The number of ketones is 3. The number of amides is 7. The van der Waals surface area contributed by atoms with Gasteiger partial charge in [-0.15, -0.1) is 0 Å². The Hall–Kier alpha value is -5.59. The molecule has 0 aromatic heterocycles. The van der Waals surface area contributed by atoms with Crippen LogP contribution >= 0.6 is 7.82 Å². The van der Waals surface area contributed by atoms with Gasteiger partial charge >= 0.3 is 0 Å². The summed E-state index contributed by atoms with van der Waals surface area (Å²) in [7, 11) is -5.22. The Morgan fingerprint density at radius 3 is 1.35 bits per heavy atom. The first-order valence-corrected chi connectivity index (χ1v) is 43.3. The van der Waals surface area contributed by atoms with E-state index in [0.29, 0.717) is 0 Å². The minimum Gasteiger partial charge on any atom is -0.756 e. The molecule has 7 unspecified atom stereocenters. The lowest BCUT2D eigenvalue weighted by molar-refractivity contribution is -0.284. The molecule has 26 atom stereocenters. The number of carbonyl (C=O) groups excluding carboxylic acids is 10. The Morgan fingerprint density at radius 2 is 0.879 bits per heavy atom. The summed E-state index contributed by atoms with van der Waals surface area (Å²) < 4.78 is 83.9. The van der Waals surface area contributed by atoms with Crippen molar-refractivity contribution in [3.63, 3.8) is 0 Å². The van der Waals surface area contributed by atoms with Crippen molar-refractivity contribution in [2.24, 2.45) is 28.6 Å². The highest BCUT2D eigenvalue weighted by molar-refractivity contribution is 7.44. The number of Topliss-reactive ketones (excluding diaryl/α,β-unsaturated/α-hetero) is 3. The van der Waals surface area contributed by atoms with Crippen LogP contribution in [0.1, 0.15) is 131 Å². The Bertz CT molecular complexity index is 3320. The average Bonchev–Trinajstić information content (AvgIpc) is 1.61. The van der Waals surface area contributed by atoms with Gasteiger partial charge in [0.2, 0.25) is 41.4 Å². The zero-order valence-corrected chi connectivity index (χ0v) is 72.0. The van der Waals surface area contributed by atoms with Gasteiger partial charge in [-0.05, 0) is 38.5 Å². The van der Waals surface area contributed by atoms with Gasteiger partial charge in [0.15, 0.2) is 30.9 Å². The van der Waals surface area contributed by atoms with Crippen molar-refractivity contribution >= 4 is 66.5 Å². The highest BCUT2D eigenvalue weighted by Crippen LogP contribution is 2.49. The van der Waals surface area contributed by atoms with E-state index >= 15 is 0 Å². The van der Waals surface area contributed by atoms with Gasteiger partial charge in [0.05, 0.1) is 124 Å². The van der Waals surface area contributed by atoms with Crippen molar-refractivity contribution in [3.8, 4) is 0 Å². The van der Waals surface area contributed by atoms with Gasteiger partial charge < -0.3 is 174 Å². The second-order valence-electron chi connectivity index (χ2n) is 32.1. The average molecular weight is 1810 g/mol. The Kier molecular flexibility index (Phi) is 48.7. The van der Waals surface area contributed by atoms with Gasteiger partial charge in [0.1, 0.15) is 90.7 Å². The van der Waals surface area contributed by atoms with Crippen LogP contribution < -0.4 is 36.8 Å². The minimum atomic E-state index is -5.22. The van der Waals surface area contributed by atoms with E-state index < -0.39 is 271 Å². The topological polar surface area (TPSA) is 689 Å². The smallest absolute Gasteiger partial charge is 0.265 e. The van der Waals surface area contributed by atoms with Gasteiger partial charge in [0, 0.05) is 133 Å². The van der Waals surface area contributed by atoms with Crippen molar-refractivity contribution in [3.05, 3.63) is 0 Å². The number of aliphatic hydroxyl groups is 13. The molecule has 0 aliphatic carbocycles. The van der Waals surface area contributed by atoms with E-state index in [0.717, 1.165) is 6.92 Å². The molecule has 0 aromatic rings. The van der Waals surface area contributed by atoms with Gasteiger partial charge in [0.25, 0.3) is 7.82 Å². The van der Waals surface area contributed by atoms with Crippen LogP contribution in [0.4, 0.5) is 0 Å². The second kappa shape index (κ2) is 55.4. The third-order valence-corrected chi connectivity index (χ3v) is 22.9. The molecule has 5 aliphatic heterocycles. The SMILES string of the molecule is CC(=O)N[C@H]1C(OCCOCCCC(=O)[C@H](CCC(=O)NCCOCCOC2O[C@H](CO)[C@H](O)[C@H](O)[C@H]2NC(C)=O)NC(=O)CCC(CC(=O)CCCC(=O)N2C[C@](C)(CO)[C@](C)(COP(=O)([O-])O)C2)C(=O)NC(CCC(=O)CCCOCCOC2O[C@H](CO)[C@H](O)[C@H](O)[C@H]2C)C(=O)NCCOCCOC2O[C@H](CO)[C@H](O)[C@H](O)[C@H]2C)O[C@H](CO)[C@H](O)[C@@H]1O. The maximum Gasteiger partial charge on any atom is 0.265 e. The summed E-state index contributed by atoms with van der Waals surface area (Å²) >= 11 is 0. The summed E-state index contributed by atoms with van der Waals surface area (Å²) in [5.74, 6) is -9.27. The van der Waals surface area contributed by atoms with E-state index in [1.54, 1.807) is 27.7 Å². The van der Waals surface area contributed by atoms with Crippen molar-refractivity contribution < 1.29 is 190 Å². The molecule has 5 saturated heterocycles. The number of phosphoric acid groups is 1. The molecule has 5 rings (SSSR count). The van der Waals surface area contributed by atoms with Gasteiger partial charge in [-0.1, -0.05) is 27.7 Å². The quantitative estimate of drug-likeness (QED) is 0.0199. The number of hydrogen-bond acceptors (Lipinski definition) is 38. The molecule has 20 N–H and O–H groups in total. The van der Waals surface area contributed by atoms with Gasteiger partial charge in [-0.25, -0.2) is 0 Å². The second-order valence-corrected chi connectivity index (χ2v) is 33.3. The predicted octanol–water partition coefficient (Wildman–Crippen LogP) is -8.53. The number of ether oxygens (including phenoxy) is 12. The van der Waals surface area contributed by atoms with E-state index in [9.17, 15) is 129 Å². The summed E-state index contributed by atoms with van der Waals surface area (Å²) in [5.41, 5.74) is -2.29.